The molecule has 0 amide bonds. The molecule has 15 heavy (non-hydrogen) atoms. The summed E-state index contributed by atoms with van der Waals surface area (Å²) < 4.78 is 0. The molecule has 0 aliphatic rings. The zero-order valence-electron chi connectivity index (χ0n) is 11.0. The minimum absolute atomic E-state index is 0.0178. The summed E-state index contributed by atoms with van der Waals surface area (Å²) in [5.74, 6) is 0. The lowest BCUT2D eigenvalue weighted by molar-refractivity contribution is -0.107. The Hall–Kier alpha value is -0.630. The first kappa shape index (κ1) is 14.4. The van der Waals surface area contributed by atoms with Crippen molar-refractivity contribution in [3.63, 3.8) is 0 Å². The lowest BCUT2D eigenvalue weighted by atomic mass is 9.60. The van der Waals surface area contributed by atoms with Crippen LogP contribution in [0.15, 0.2) is 12.2 Å². The van der Waals surface area contributed by atoms with Crippen molar-refractivity contribution in [2.75, 3.05) is 6.54 Å². The summed E-state index contributed by atoms with van der Waals surface area (Å²) in [5.41, 5.74) is 1.25. The molecule has 2 heteroatoms. The summed E-state index contributed by atoms with van der Waals surface area (Å²) >= 11 is 0. The fraction of sp³-hybridized carbons (Fsp3) is 0.769. The molecule has 0 rings (SSSR count). The van der Waals surface area contributed by atoms with Crippen molar-refractivity contribution in [1.29, 1.82) is 0 Å². The van der Waals surface area contributed by atoms with E-state index in [0.29, 0.717) is 6.54 Å². The van der Waals surface area contributed by atoms with Gasteiger partial charge in [-0.1, -0.05) is 39.8 Å². The monoisotopic (exact) mass is 211 g/mol. The average molecular weight is 211 g/mol. The quantitative estimate of drug-likeness (QED) is 0.559. The number of carbonyl (C=O) groups excluding carboxylic acids is 1. The Morgan fingerprint density at radius 2 is 1.87 bits per heavy atom. The van der Waals surface area contributed by atoms with E-state index < -0.39 is 0 Å². The smallest absolute Gasteiger partial charge is 0.133 e. The van der Waals surface area contributed by atoms with Crippen LogP contribution in [0.25, 0.3) is 0 Å². The lowest BCUT2D eigenvalue weighted by Gasteiger charge is -2.47. The van der Waals surface area contributed by atoms with E-state index in [1.165, 1.54) is 0 Å². The first-order valence-electron chi connectivity index (χ1n) is 5.51. The Bertz CT molecular complexity index is 239. The molecule has 0 saturated heterocycles. The van der Waals surface area contributed by atoms with E-state index in [2.05, 4.69) is 53.4 Å². The van der Waals surface area contributed by atoms with Gasteiger partial charge in [-0.25, -0.2) is 0 Å². The minimum atomic E-state index is -0.0178. The first-order chi connectivity index (χ1) is 6.67. The van der Waals surface area contributed by atoms with Crippen LogP contribution < -0.4 is 5.32 Å². The van der Waals surface area contributed by atoms with Crippen molar-refractivity contribution in [2.24, 2.45) is 10.8 Å². The number of hydrogen-bond acceptors (Lipinski definition) is 2. The molecule has 0 radical (unpaired) electrons. The largest absolute Gasteiger partial charge is 0.307 e. The van der Waals surface area contributed by atoms with Gasteiger partial charge in [0.05, 0.1) is 6.54 Å². The van der Waals surface area contributed by atoms with Crippen LogP contribution in [0.4, 0.5) is 0 Å². The van der Waals surface area contributed by atoms with E-state index in [0.717, 1.165) is 11.9 Å². The molecule has 0 heterocycles. The van der Waals surface area contributed by atoms with Crippen LogP contribution in [0.3, 0.4) is 0 Å². The highest BCUT2D eigenvalue weighted by Gasteiger charge is 2.42. The summed E-state index contributed by atoms with van der Waals surface area (Å²) in [7, 11) is 0. The van der Waals surface area contributed by atoms with E-state index in [1.807, 2.05) is 0 Å². The summed E-state index contributed by atoms with van der Waals surface area (Å²) in [4.78, 5) is 10.4. The molecular formula is C13H25NO. The molecule has 2 unspecified atom stereocenters. The van der Waals surface area contributed by atoms with Gasteiger partial charge in [-0.3, -0.25) is 0 Å². The zero-order valence-corrected chi connectivity index (χ0v) is 11.0. The zero-order chi connectivity index (χ0) is 12.3. The van der Waals surface area contributed by atoms with Crippen LogP contribution in [-0.2, 0) is 4.79 Å². The van der Waals surface area contributed by atoms with E-state index >= 15 is 0 Å². The number of rotatable bonds is 5. The molecule has 0 bridgehead atoms. The van der Waals surface area contributed by atoms with Gasteiger partial charge in [-0.15, -0.1) is 0 Å². The van der Waals surface area contributed by atoms with Crippen molar-refractivity contribution in [2.45, 2.75) is 47.6 Å². The molecule has 88 valence electrons. The molecule has 1 N–H and O–H groups in total. The average Bonchev–Trinajstić information content (AvgIpc) is 2.10. The third-order valence-electron chi connectivity index (χ3n) is 3.82. The summed E-state index contributed by atoms with van der Waals surface area (Å²) in [6.07, 6.45) is 0.901. The van der Waals surface area contributed by atoms with E-state index in [9.17, 15) is 4.79 Å². The maximum absolute atomic E-state index is 10.4. The van der Waals surface area contributed by atoms with Crippen LogP contribution in [0.2, 0.25) is 0 Å². The number of carbonyl (C=O) groups is 1. The summed E-state index contributed by atoms with van der Waals surface area (Å²) in [6.45, 7) is 17.5. The molecular weight excluding hydrogens is 186 g/mol. The standard InChI is InChI=1S/C13H25NO/c1-10(2)13(7,12(4,5)6)11(3)14-8-9-15/h9,11,14H,1,8H2,2-7H3. The van der Waals surface area contributed by atoms with Crippen molar-refractivity contribution in [3.05, 3.63) is 12.2 Å². The maximum atomic E-state index is 10.4. The van der Waals surface area contributed by atoms with Crippen LogP contribution in [0.5, 0.6) is 0 Å². The SMILES string of the molecule is C=C(C)C(C)(C(C)NCC=O)C(C)(C)C. The molecule has 0 saturated carbocycles. The maximum Gasteiger partial charge on any atom is 0.133 e. The van der Waals surface area contributed by atoms with Gasteiger partial charge in [0.25, 0.3) is 0 Å². The summed E-state index contributed by atoms with van der Waals surface area (Å²) in [6, 6.07) is 0.236. The molecule has 0 aromatic heterocycles. The van der Waals surface area contributed by atoms with Crippen LogP contribution in [0, 0.1) is 10.8 Å². The predicted octanol–water partition coefficient (Wildman–Crippen LogP) is 2.79. The van der Waals surface area contributed by atoms with E-state index in [-0.39, 0.29) is 16.9 Å². The third kappa shape index (κ3) is 2.91. The van der Waals surface area contributed by atoms with Gasteiger partial charge in [0.15, 0.2) is 0 Å². The Morgan fingerprint density at radius 3 is 2.13 bits per heavy atom. The lowest BCUT2D eigenvalue weighted by Crippen LogP contribution is -2.50. The van der Waals surface area contributed by atoms with Gasteiger partial charge in [0, 0.05) is 11.5 Å². The second-order valence-electron chi connectivity index (χ2n) is 5.53. The van der Waals surface area contributed by atoms with Crippen molar-refractivity contribution in [1.82, 2.24) is 5.32 Å². The van der Waals surface area contributed by atoms with Crippen LogP contribution >= 0.6 is 0 Å². The van der Waals surface area contributed by atoms with Crippen LogP contribution in [0.1, 0.15) is 41.5 Å². The predicted molar refractivity (Wildman–Crippen MR) is 65.9 cm³/mol. The highest BCUT2D eigenvalue weighted by molar-refractivity contribution is 5.52. The van der Waals surface area contributed by atoms with Gasteiger partial charge >= 0.3 is 0 Å². The summed E-state index contributed by atoms with van der Waals surface area (Å²) in [5, 5.41) is 3.23. The van der Waals surface area contributed by atoms with Crippen LogP contribution in [-0.4, -0.2) is 18.9 Å². The molecule has 0 aromatic carbocycles. The molecule has 0 aromatic rings. The fourth-order valence-electron chi connectivity index (χ4n) is 2.09. The fourth-order valence-corrected chi connectivity index (χ4v) is 2.09. The Morgan fingerprint density at radius 1 is 1.40 bits per heavy atom. The number of nitrogens with one attached hydrogen (secondary N) is 1. The highest BCUT2D eigenvalue weighted by atomic mass is 16.1. The molecule has 2 nitrogen and oxygen atoms in total. The normalized spacial score (nSPS) is 18.0. The molecule has 0 aliphatic heterocycles. The van der Waals surface area contributed by atoms with E-state index in [4.69, 9.17) is 0 Å². The Kier molecular flexibility index (Phi) is 4.72. The Labute approximate surface area is 94.1 Å². The van der Waals surface area contributed by atoms with Gasteiger partial charge in [-0.05, 0) is 19.3 Å². The van der Waals surface area contributed by atoms with Gasteiger partial charge < -0.3 is 10.1 Å². The van der Waals surface area contributed by atoms with Gasteiger partial charge in [0.1, 0.15) is 6.29 Å². The molecule has 2 atom stereocenters. The minimum Gasteiger partial charge on any atom is -0.307 e. The molecule has 0 fully saturated rings. The molecule has 0 spiro atoms. The van der Waals surface area contributed by atoms with Crippen molar-refractivity contribution in [3.8, 4) is 0 Å². The van der Waals surface area contributed by atoms with Crippen molar-refractivity contribution < 1.29 is 4.79 Å². The second-order valence-corrected chi connectivity index (χ2v) is 5.53. The second kappa shape index (κ2) is 4.93. The number of hydrogen-bond donors (Lipinski definition) is 1. The first-order valence-corrected chi connectivity index (χ1v) is 5.51. The van der Waals surface area contributed by atoms with Gasteiger partial charge in [0.2, 0.25) is 0 Å². The van der Waals surface area contributed by atoms with Crippen molar-refractivity contribution >= 4 is 6.29 Å². The molecule has 0 aliphatic carbocycles. The number of aldehydes is 1. The topological polar surface area (TPSA) is 29.1 Å². The Balaban J connectivity index is 4.95. The third-order valence-corrected chi connectivity index (χ3v) is 3.82. The highest BCUT2D eigenvalue weighted by Crippen LogP contribution is 2.46. The van der Waals surface area contributed by atoms with E-state index in [1.54, 1.807) is 0 Å². The van der Waals surface area contributed by atoms with Gasteiger partial charge in [-0.2, -0.15) is 0 Å².